The second kappa shape index (κ2) is 4.63. The Kier molecular flexibility index (Phi) is 2.64. The average Bonchev–Trinajstić information content (AvgIpc) is 2.91. The molecule has 1 aliphatic rings. The second-order valence-electron chi connectivity index (χ2n) is 4.99. The summed E-state index contributed by atoms with van der Waals surface area (Å²) in [5.74, 6) is 0.545. The van der Waals surface area contributed by atoms with Gasteiger partial charge in [0.15, 0.2) is 0 Å². The van der Waals surface area contributed by atoms with E-state index in [1.54, 1.807) is 6.20 Å². The molecule has 2 heterocycles. The van der Waals surface area contributed by atoms with Gasteiger partial charge >= 0.3 is 0 Å². The summed E-state index contributed by atoms with van der Waals surface area (Å²) in [7, 11) is 0. The summed E-state index contributed by atoms with van der Waals surface area (Å²) < 4.78 is 5.57. The predicted molar refractivity (Wildman–Crippen MR) is 79.4 cm³/mol. The number of carbonyl (C=O) groups is 1. The zero-order valence-corrected chi connectivity index (χ0v) is 11.2. The van der Waals surface area contributed by atoms with Crippen LogP contribution in [-0.4, -0.2) is 29.3 Å². The number of amides is 1. The molecule has 0 saturated carbocycles. The molecule has 5 nitrogen and oxygen atoms in total. The SMILES string of the molecule is O=C1NCCOc2ccc(-c3ccc4cn[nH]c4c3)cc21. The molecular formula is C16H13N3O2. The van der Waals surface area contributed by atoms with Gasteiger partial charge in [-0.15, -0.1) is 0 Å². The number of hydrogen-bond acceptors (Lipinski definition) is 3. The lowest BCUT2D eigenvalue weighted by Gasteiger charge is -2.08. The number of H-pyrrole nitrogens is 1. The van der Waals surface area contributed by atoms with Crippen LogP contribution in [-0.2, 0) is 0 Å². The maximum Gasteiger partial charge on any atom is 0.255 e. The largest absolute Gasteiger partial charge is 0.491 e. The summed E-state index contributed by atoms with van der Waals surface area (Å²) in [6.45, 7) is 1.03. The molecule has 3 aromatic rings. The van der Waals surface area contributed by atoms with Gasteiger partial charge in [0.1, 0.15) is 12.4 Å². The van der Waals surface area contributed by atoms with Gasteiger partial charge in [0.25, 0.3) is 5.91 Å². The van der Waals surface area contributed by atoms with Crippen LogP contribution in [0.2, 0.25) is 0 Å². The van der Waals surface area contributed by atoms with Crippen molar-refractivity contribution in [1.82, 2.24) is 15.5 Å². The van der Waals surface area contributed by atoms with E-state index in [0.29, 0.717) is 24.5 Å². The van der Waals surface area contributed by atoms with Crippen LogP contribution in [0.4, 0.5) is 0 Å². The van der Waals surface area contributed by atoms with Gasteiger partial charge in [-0.05, 0) is 29.3 Å². The molecule has 1 aliphatic heterocycles. The quantitative estimate of drug-likeness (QED) is 0.718. The van der Waals surface area contributed by atoms with E-state index in [-0.39, 0.29) is 5.91 Å². The normalized spacial score (nSPS) is 14.2. The van der Waals surface area contributed by atoms with Crippen molar-refractivity contribution in [2.75, 3.05) is 13.2 Å². The first-order valence-electron chi connectivity index (χ1n) is 6.80. The van der Waals surface area contributed by atoms with E-state index in [2.05, 4.69) is 15.5 Å². The van der Waals surface area contributed by atoms with Crippen molar-refractivity contribution in [1.29, 1.82) is 0 Å². The highest BCUT2D eigenvalue weighted by atomic mass is 16.5. The highest BCUT2D eigenvalue weighted by Gasteiger charge is 2.17. The Balaban J connectivity index is 1.83. The number of aromatic nitrogens is 2. The topological polar surface area (TPSA) is 67.0 Å². The lowest BCUT2D eigenvalue weighted by atomic mass is 10.0. The Bertz CT molecular complexity index is 838. The van der Waals surface area contributed by atoms with E-state index in [1.807, 2.05) is 36.4 Å². The van der Waals surface area contributed by atoms with Gasteiger partial charge in [-0.1, -0.05) is 18.2 Å². The molecule has 0 aliphatic carbocycles. The fourth-order valence-corrected chi connectivity index (χ4v) is 2.55. The van der Waals surface area contributed by atoms with Crippen LogP contribution in [0, 0.1) is 0 Å². The van der Waals surface area contributed by atoms with Crippen LogP contribution in [0.5, 0.6) is 5.75 Å². The van der Waals surface area contributed by atoms with E-state index in [9.17, 15) is 4.79 Å². The molecule has 2 aromatic carbocycles. The van der Waals surface area contributed by atoms with Gasteiger partial charge in [0, 0.05) is 5.39 Å². The van der Waals surface area contributed by atoms with Crippen molar-refractivity contribution in [3.63, 3.8) is 0 Å². The van der Waals surface area contributed by atoms with Crippen LogP contribution in [0.3, 0.4) is 0 Å². The average molecular weight is 279 g/mol. The molecule has 0 spiro atoms. The van der Waals surface area contributed by atoms with Gasteiger partial charge in [0.05, 0.1) is 23.8 Å². The summed E-state index contributed by atoms with van der Waals surface area (Å²) in [5.41, 5.74) is 3.57. The van der Waals surface area contributed by atoms with E-state index in [4.69, 9.17) is 4.74 Å². The summed E-state index contributed by atoms with van der Waals surface area (Å²) in [5, 5.41) is 10.9. The molecule has 0 atom stereocenters. The number of fused-ring (bicyclic) bond motifs is 2. The van der Waals surface area contributed by atoms with Crippen molar-refractivity contribution < 1.29 is 9.53 Å². The molecule has 21 heavy (non-hydrogen) atoms. The maximum atomic E-state index is 12.1. The van der Waals surface area contributed by atoms with Crippen molar-refractivity contribution in [2.45, 2.75) is 0 Å². The molecule has 0 bridgehead atoms. The van der Waals surface area contributed by atoms with Crippen LogP contribution in [0.15, 0.2) is 42.6 Å². The molecule has 1 aromatic heterocycles. The molecule has 2 N–H and O–H groups in total. The van der Waals surface area contributed by atoms with Crippen molar-refractivity contribution in [2.24, 2.45) is 0 Å². The van der Waals surface area contributed by atoms with E-state index in [0.717, 1.165) is 22.0 Å². The Hall–Kier alpha value is -2.82. The zero-order valence-electron chi connectivity index (χ0n) is 11.2. The van der Waals surface area contributed by atoms with Gasteiger partial charge in [-0.25, -0.2) is 0 Å². The lowest BCUT2D eigenvalue weighted by Crippen LogP contribution is -2.24. The lowest BCUT2D eigenvalue weighted by molar-refractivity contribution is 0.0957. The Morgan fingerprint density at radius 2 is 1.95 bits per heavy atom. The Morgan fingerprint density at radius 3 is 2.90 bits per heavy atom. The minimum Gasteiger partial charge on any atom is -0.491 e. The van der Waals surface area contributed by atoms with Crippen molar-refractivity contribution >= 4 is 16.8 Å². The van der Waals surface area contributed by atoms with Crippen molar-refractivity contribution in [3.05, 3.63) is 48.2 Å². The number of nitrogens with zero attached hydrogens (tertiary/aromatic N) is 1. The highest BCUT2D eigenvalue weighted by Crippen LogP contribution is 2.29. The Labute approximate surface area is 120 Å². The standard InChI is InChI=1S/C16H13N3O2/c20-16-13-7-10(3-4-15(13)21-6-5-17-16)11-1-2-12-9-18-19-14(12)8-11/h1-4,7-9H,5-6H2,(H,17,20)(H,18,19). The smallest absolute Gasteiger partial charge is 0.255 e. The molecule has 1 amide bonds. The number of aromatic amines is 1. The molecule has 0 saturated heterocycles. The van der Waals surface area contributed by atoms with Gasteiger partial charge in [0.2, 0.25) is 0 Å². The first-order chi connectivity index (χ1) is 10.3. The number of nitrogens with one attached hydrogen (secondary N) is 2. The zero-order chi connectivity index (χ0) is 14.2. The minimum absolute atomic E-state index is 0.0908. The third kappa shape index (κ3) is 2.03. The van der Waals surface area contributed by atoms with Crippen LogP contribution in [0.1, 0.15) is 10.4 Å². The third-order valence-corrected chi connectivity index (χ3v) is 3.64. The molecule has 4 rings (SSSR count). The molecule has 5 heteroatoms. The predicted octanol–water partition coefficient (Wildman–Crippen LogP) is 2.35. The first-order valence-corrected chi connectivity index (χ1v) is 6.80. The highest BCUT2D eigenvalue weighted by molar-refractivity contribution is 5.98. The molecule has 104 valence electrons. The molecular weight excluding hydrogens is 266 g/mol. The van der Waals surface area contributed by atoms with Crippen LogP contribution in [0.25, 0.3) is 22.0 Å². The summed E-state index contributed by atoms with van der Waals surface area (Å²) in [4.78, 5) is 12.1. The van der Waals surface area contributed by atoms with Crippen LogP contribution >= 0.6 is 0 Å². The van der Waals surface area contributed by atoms with E-state index in [1.165, 1.54) is 0 Å². The first kappa shape index (κ1) is 12.0. The number of hydrogen-bond donors (Lipinski definition) is 2. The minimum atomic E-state index is -0.0908. The monoisotopic (exact) mass is 279 g/mol. The van der Waals surface area contributed by atoms with Crippen LogP contribution < -0.4 is 10.1 Å². The molecule has 0 fully saturated rings. The summed E-state index contributed by atoms with van der Waals surface area (Å²) >= 11 is 0. The summed E-state index contributed by atoms with van der Waals surface area (Å²) in [6.07, 6.45) is 1.79. The fraction of sp³-hybridized carbons (Fsp3) is 0.125. The fourth-order valence-electron chi connectivity index (χ4n) is 2.55. The molecule has 0 radical (unpaired) electrons. The summed E-state index contributed by atoms with van der Waals surface area (Å²) in [6, 6.07) is 11.8. The number of carbonyl (C=O) groups excluding carboxylic acids is 1. The number of benzene rings is 2. The van der Waals surface area contributed by atoms with Gasteiger partial charge in [-0.3, -0.25) is 9.89 Å². The van der Waals surface area contributed by atoms with Crippen molar-refractivity contribution in [3.8, 4) is 16.9 Å². The van der Waals surface area contributed by atoms with E-state index >= 15 is 0 Å². The Morgan fingerprint density at radius 1 is 1.10 bits per heavy atom. The number of rotatable bonds is 1. The van der Waals surface area contributed by atoms with Gasteiger partial charge < -0.3 is 10.1 Å². The second-order valence-corrected chi connectivity index (χ2v) is 4.99. The number of ether oxygens (including phenoxy) is 1. The maximum absolute atomic E-state index is 12.1. The van der Waals surface area contributed by atoms with Gasteiger partial charge in [-0.2, -0.15) is 5.10 Å². The molecule has 0 unspecified atom stereocenters. The van der Waals surface area contributed by atoms with E-state index < -0.39 is 0 Å². The third-order valence-electron chi connectivity index (χ3n) is 3.64.